The number of methoxy groups -OCH3 is 1. The minimum absolute atomic E-state index is 0.141. The van der Waals surface area contributed by atoms with E-state index in [1.54, 1.807) is 7.11 Å². The molecule has 0 bridgehead atoms. The summed E-state index contributed by atoms with van der Waals surface area (Å²) in [6.07, 6.45) is 3.92. The van der Waals surface area contributed by atoms with Crippen LogP contribution in [0.1, 0.15) is 45.6 Å². The average Bonchev–Trinajstić information content (AvgIpc) is 2.49. The van der Waals surface area contributed by atoms with Gasteiger partial charge in [0.2, 0.25) is 0 Å². The first kappa shape index (κ1) is 18.1. The van der Waals surface area contributed by atoms with E-state index in [0.29, 0.717) is 29.0 Å². The van der Waals surface area contributed by atoms with Crippen LogP contribution in [-0.2, 0) is 6.42 Å². The van der Waals surface area contributed by atoms with Gasteiger partial charge in [-0.15, -0.1) is 0 Å². The topological polar surface area (TPSA) is 44.5 Å². The van der Waals surface area contributed by atoms with Crippen LogP contribution >= 0.6 is 11.6 Å². The first-order valence-electron chi connectivity index (χ1n) is 7.80. The second-order valence-electron chi connectivity index (χ2n) is 5.48. The standard InChI is InChI=1S/C17H28ClNO2/c1-5-12(6-2)11-21-17-15(18)9-13(8-14(19)7-3)10-16(17)20-4/h9-10,12,14H,5-8,11,19H2,1-4H3. The minimum atomic E-state index is 0.141. The molecule has 0 saturated carbocycles. The highest BCUT2D eigenvalue weighted by Crippen LogP contribution is 2.37. The van der Waals surface area contributed by atoms with E-state index in [9.17, 15) is 0 Å². The molecular weight excluding hydrogens is 286 g/mol. The zero-order valence-corrected chi connectivity index (χ0v) is 14.4. The van der Waals surface area contributed by atoms with Crippen molar-refractivity contribution in [3.8, 4) is 11.5 Å². The van der Waals surface area contributed by atoms with Crippen LogP contribution in [0.25, 0.3) is 0 Å². The van der Waals surface area contributed by atoms with Gasteiger partial charge >= 0.3 is 0 Å². The summed E-state index contributed by atoms with van der Waals surface area (Å²) in [7, 11) is 1.64. The Morgan fingerprint density at radius 1 is 1.14 bits per heavy atom. The number of nitrogens with two attached hydrogens (primary N) is 1. The van der Waals surface area contributed by atoms with E-state index >= 15 is 0 Å². The largest absolute Gasteiger partial charge is 0.493 e. The molecule has 21 heavy (non-hydrogen) atoms. The highest BCUT2D eigenvalue weighted by molar-refractivity contribution is 6.32. The van der Waals surface area contributed by atoms with Crippen molar-refractivity contribution >= 4 is 11.6 Å². The fourth-order valence-electron chi connectivity index (χ4n) is 2.20. The molecule has 1 aromatic rings. The van der Waals surface area contributed by atoms with Gasteiger partial charge in [-0.3, -0.25) is 0 Å². The molecule has 0 aliphatic carbocycles. The highest BCUT2D eigenvalue weighted by atomic mass is 35.5. The second kappa shape index (κ2) is 9.16. The van der Waals surface area contributed by atoms with Gasteiger partial charge in [-0.05, 0) is 36.5 Å². The van der Waals surface area contributed by atoms with E-state index in [1.165, 1.54) is 0 Å². The lowest BCUT2D eigenvalue weighted by atomic mass is 10.0. The lowest BCUT2D eigenvalue weighted by Gasteiger charge is -2.18. The van der Waals surface area contributed by atoms with Crippen LogP contribution in [0.2, 0.25) is 5.02 Å². The average molecular weight is 314 g/mol. The van der Waals surface area contributed by atoms with E-state index in [4.69, 9.17) is 26.8 Å². The van der Waals surface area contributed by atoms with Gasteiger partial charge in [0, 0.05) is 6.04 Å². The molecule has 3 nitrogen and oxygen atoms in total. The summed E-state index contributed by atoms with van der Waals surface area (Å²) in [5.74, 6) is 1.87. The molecule has 4 heteroatoms. The minimum Gasteiger partial charge on any atom is -0.493 e. The van der Waals surface area contributed by atoms with Gasteiger partial charge in [-0.1, -0.05) is 45.2 Å². The molecule has 0 radical (unpaired) electrons. The first-order valence-corrected chi connectivity index (χ1v) is 8.18. The van der Waals surface area contributed by atoms with Gasteiger partial charge in [0.05, 0.1) is 18.7 Å². The van der Waals surface area contributed by atoms with Crippen LogP contribution in [0.3, 0.4) is 0 Å². The van der Waals surface area contributed by atoms with E-state index < -0.39 is 0 Å². The highest BCUT2D eigenvalue weighted by Gasteiger charge is 2.15. The fraction of sp³-hybridized carbons (Fsp3) is 0.647. The number of hydrogen-bond donors (Lipinski definition) is 1. The molecule has 0 spiro atoms. The SMILES string of the molecule is CCC(N)Cc1cc(Cl)c(OCC(CC)CC)c(OC)c1. The molecule has 1 unspecified atom stereocenters. The number of rotatable bonds is 9. The number of halogens is 1. The van der Waals surface area contributed by atoms with E-state index in [2.05, 4.69) is 20.8 Å². The summed E-state index contributed by atoms with van der Waals surface area (Å²) in [4.78, 5) is 0. The second-order valence-corrected chi connectivity index (χ2v) is 5.88. The molecule has 0 heterocycles. The number of benzene rings is 1. The van der Waals surface area contributed by atoms with Crippen LogP contribution in [0.5, 0.6) is 11.5 Å². The van der Waals surface area contributed by atoms with Gasteiger partial charge < -0.3 is 15.2 Å². The van der Waals surface area contributed by atoms with E-state index in [0.717, 1.165) is 31.2 Å². The zero-order chi connectivity index (χ0) is 15.8. The summed E-state index contributed by atoms with van der Waals surface area (Å²) < 4.78 is 11.3. The van der Waals surface area contributed by atoms with Gasteiger partial charge in [0.1, 0.15) is 0 Å². The molecule has 0 amide bonds. The Kier molecular flexibility index (Phi) is 7.91. The Morgan fingerprint density at radius 2 is 1.81 bits per heavy atom. The van der Waals surface area contributed by atoms with Crippen LogP contribution in [0.4, 0.5) is 0 Å². The molecule has 2 N–H and O–H groups in total. The predicted octanol–water partition coefficient (Wildman–Crippen LogP) is 4.44. The van der Waals surface area contributed by atoms with Crippen molar-refractivity contribution in [2.45, 2.75) is 52.5 Å². The third kappa shape index (κ3) is 5.40. The summed E-state index contributed by atoms with van der Waals surface area (Å²) in [6.45, 7) is 7.09. The molecule has 1 aromatic carbocycles. The third-order valence-electron chi connectivity index (χ3n) is 3.93. The van der Waals surface area contributed by atoms with Crippen molar-refractivity contribution in [1.82, 2.24) is 0 Å². The van der Waals surface area contributed by atoms with Crippen molar-refractivity contribution < 1.29 is 9.47 Å². The van der Waals surface area contributed by atoms with Crippen molar-refractivity contribution in [3.63, 3.8) is 0 Å². The molecule has 0 aliphatic rings. The fourth-order valence-corrected chi connectivity index (χ4v) is 2.49. The number of hydrogen-bond acceptors (Lipinski definition) is 3. The molecule has 0 saturated heterocycles. The van der Waals surface area contributed by atoms with Crippen molar-refractivity contribution in [3.05, 3.63) is 22.7 Å². The quantitative estimate of drug-likeness (QED) is 0.733. The maximum atomic E-state index is 6.36. The maximum absolute atomic E-state index is 6.36. The molecule has 1 atom stereocenters. The monoisotopic (exact) mass is 313 g/mol. The Hall–Kier alpha value is -0.930. The lowest BCUT2D eigenvalue weighted by Crippen LogP contribution is -2.21. The Morgan fingerprint density at radius 3 is 2.33 bits per heavy atom. The van der Waals surface area contributed by atoms with Crippen molar-refractivity contribution in [2.75, 3.05) is 13.7 Å². The smallest absolute Gasteiger partial charge is 0.179 e. The third-order valence-corrected chi connectivity index (χ3v) is 4.21. The summed E-state index contributed by atoms with van der Waals surface area (Å²) in [5, 5.41) is 0.596. The first-order chi connectivity index (χ1) is 10.0. The zero-order valence-electron chi connectivity index (χ0n) is 13.6. The van der Waals surface area contributed by atoms with Crippen molar-refractivity contribution in [2.24, 2.45) is 11.7 Å². The molecule has 1 rings (SSSR count). The molecule has 0 aromatic heterocycles. The molecule has 0 fully saturated rings. The van der Waals surface area contributed by atoms with Crippen LogP contribution in [0.15, 0.2) is 12.1 Å². The van der Waals surface area contributed by atoms with Gasteiger partial charge in [0.25, 0.3) is 0 Å². The molecule has 120 valence electrons. The van der Waals surface area contributed by atoms with Gasteiger partial charge in [-0.2, -0.15) is 0 Å². The summed E-state index contributed by atoms with van der Waals surface area (Å²) >= 11 is 6.36. The van der Waals surface area contributed by atoms with Crippen molar-refractivity contribution in [1.29, 1.82) is 0 Å². The Bertz CT molecular complexity index is 433. The Balaban J connectivity index is 2.89. The summed E-state index contributed by atoms with van der Waals surface area (Å²) in [5.41, 5.74) is 7.09. The predicted molar refractivity (Wildman–Crippen MR) is 89.5 cm³/mol. The number of ether oxygens (including phenoxy) is 2. The van der Waals surface area contributed by atoms with E-state index in [-0.39, 0.29) is 6.04 Å². The van der Waals surface area contributed by atoms with Crippen LogP contribution in [0, 0.1) is 5.92 Å². The summed E-state index contributed by atoms with van der Waals surface area (Å²) in [6, 6.07) is 4.05. The van der Waals surface area contributed by atoms with Gasteiger partial charge in [-0.25, -0.2) is 0 Å². The normalized spacial score (nSPS) is 12.5. The maximum Gasteiger partial charge on any atom is 0.179 e. The van der Waals surface area contributed by atoms with Crippen LogP contribution in [-0.4, -0.2) is 19.8 Å². The van der Waals surface area contributed by atoms with Gasteiger partial charge in [0.15, 0.2) is 11.5 Å². The van der Waals surface area contributed by atoms with Crippen LogP contribution < -0.4 is 15.2 Å². The lowest BCUT2D eigenvalue weighted by molar-refractivity contribution is 0.230. The molecule has 0 aliphatic heterocycles. The Labute approximate surface area is 133 Å². The molecular formula is C17H28ClNO2. The van der Waals surface area contributed by atoms with E-state index in [1.807, 2.05) is 12.1 Å².